The summed E-state index contributed by atoms with van der Waals surface area (Å²) >= 11 is 0. The Morgan fingerprint density at radius 2 is 2.12 bits per heavy atom. The Morgan fingerprint density at radius 1 is 1.41 bits per heavy atom. The largest absolute Gasteiger partial charge is 0.469 e. The van der Waals surface area contributed by atoms with Crippen LogP contribution in [0, 0.1) is 0 Å². The third-order valence-electron chi connectivity index (χ3n) is 3.16. The summed E-state index contributed by atoms with van der Waals surface area (Å²) in [6.45, 7) is 2.05. The smallest absolute Gasteiger partial charge is 0.306 e. The minimum Gasteiger partial charge on any atom is -0.469 e. The van der Waals surface area contributed by atoms with Crippen molar-refractivity contribution in [1.29, 1.82) is 0 Å². The first-order valence-corrected chi connectivity index (χ1v) is 5.74. The lowest BCUT2D eigenvalue weighted by atomic mass is 9.97. The van der Waals surface area contributed by atoms with E-state index in [0.29, 0.717) is 6.42 Å². The monoisotopic (exact) mass is 231 g/mol. The number of para-hydroxylation sites is 1. The molecule has 0 unspecified atom stereocenters. The van der Waals surface area contributed by atoms with Crippen LogP contribution in [0.15, 0.2) is 30.5 Å². The van der Waals surface area contributed by atoms with Crippen LogP contribution in [0.2, 0.25) is 0 Å². The number of carbonyl (C=O) groups is 1. The minimum atomic E-state index is -0.162. The van der Waals surface area contributed by atoms with Crippen LogP contribution in [0.3, 0.4) is 0 Å². The summed E-state index contributed by atoms with van der Waals surface area (Å²) < 4.78 is 6.81. The number of ether oxygens (including phenoxy) is 1. The van der Waals surface area contributed by atoms with Gasteiger partial charge in [-0.15, -0.1) is 0 Å². The predicted molar refractivity (Wildman–Crippen MR) is 68.0 cm³/mol. The molecule has 0 spiro atoms. The first-order valence-electron chi connectivity index (χ1n) is 5.74. The van der Waals surface area contributed by atoms with Crippen molar-refractivity contribution < 1.29 is 9.53 Å². The summed E-state index contributed by atoms with van der Waals surface area (Å²) in [6, 6.07) is 8.23. The van der Waals surface area contributed by atoms with Gasteiger partial charge in [-0.2, -0.15) is 0 Å². The second-order valence-electron chi connectivity index (χ2n) is 4.39. The number of fused-ring (bicyclic) bond motifs is 1. The highest BCUT2D eigenvalue weighted by molar-refractivity contribution is 5.85. The molecule has 17 heavy (non-hydrogen) atoms. The molecule has 0 fully saturated rings. The van der Waals surface area contributed by atoms with Crippen LogP contribution in [-0.2, 0) is 16.6 Å². The van der Waals surface area contributed by atoms with Crippen LogP contribution >= 0.6 is 0 Å². The molecule has 3 heteroatoms. The molecule has 0 aliphatic rings. The predicted octanol–water partition coefficient (Wildman–Crippen LogP) is 2.84. The van der Waals surface area contributed by atoms with Crippen LogP contribution < -0.4 is 0 Å². The van der Waals surface area contributed by atoms with Gasteiger partial charge in [-0.05, 0) is 17.5 Å². The molecule has 0 radical (unpaired) electrons. The lowest BCUT2D eigenvalue weighted by Gasteiger charge is -2.08. The van der Waals surface area contributed by atoms with Crippen LogP contribution in [0.1, 0.15) is 24.8 Å². The Morgan fingerprint density at radius 3 is 2.82 bits per heavy atom. The van der Waals surface area contributed by atoms with Crippen molar-refractivity contribution in [2.24, 2.45) is 7.05 Å². The van der Waals surface area contributed by atoms with E-state index in [-0.39, 0.29) is 11.9 Å². The fourth-order valence-corrected chi connectivity index (χ4v) is 2.21. The molecular weight excluding hydrogens is 214 g/mol. The van der Waals surface area contributed by atoms with Crippen molar-refractivity contribution in [2.75, 3.05) is 7.11 Å². The number of hydrogen-bond donors (Lipinski definition) is 0. The normalized spacial score (nSPS) is 12.6. The van der Waals surface area contributed by atoms with E-state index >= 15 is 0 Å². The summed E-state index contributed by atoms with van der Waals surface area (Å²) in [5, 5.41) is 1.21. The maximum Gasteiger partial charge on any atom is 0.306 e. The van der Waals surface area contributed by atoms with Gasteiger partial charge >= 0.3 is 5.97 Å². The first kappa shape index (κ1) is 11.7. The van der Waals surface area contributed by atoms with E-state index in [4.69, 9.17) is 4.74 Å². The average molecular weight is 231 g/mol. The SMILES string of the molecule is COC(=O)C[C@@H](C)c1cn(C)c2ccccc12. The zero-order valence-corrected chi connectivity index (χ0v) is 10.4. The second kappa shape index (κ2) is 4.62. The summed E-state index contributed by atoms with van der Waals surface area (Å²) in [7, 11) is 3.45. The Hall–Kier alpha value is -1.77. The molecule has 2 rings (SSSR count). The van der Waals surface area contributed by atoms with E-state index in [1.807, 2.05) is 19.2 Å². The van der Waals surface area contributed by atoms with Gasteiger partial charge in [0.1, 0.15) is 0 Å². The van der Waals surface area contributed by atoms with Crippen molar-refractivity contribution in [3.05, 3.63) is 36.0 Å². The van der Waals surface area contributed by atoms with Crippen LogP contribution in [-0.4, -0.2) is 17.6 Å². The number of esters is 1. The summed E-state index contributed by atoms with van der Waals surface area (Å²) in [5.74, 6) is 0.0129. The fourth-order valence-electron chi connectivity index (χ4n) is 2.21. The number of carbonyl (C=O) groups excluding carboxylic acids is 1. The van der Waals surface area contributed by atoms with Gasteiger partial charge in [0.25, 0.3) is 0 Å². The first-order chi connectivity index (χ1) is 8.13. The van der Waals surface area contributed by atoms with Gasteiger partial charge in [0, 0.05) is 24.1 Å². The van der Waals surface area contributed by atoms with Gasteiger partial charge in [0.15, 0.2) is 0 Å². The summed E-state index contributed by atoms with van der Waals surface area (Å²) in [4.78, 5) is 11.3. The molecule has 1 heterocycles. The number of methoxy groups -OCH3 is 1. The number of aromatic nitrogens is 1. The summed E-state index contributed by atoms with van der Waals surface area (Å²) in [6.07, 6.45) is 2.52. The number of benzene rings is 1. The van der Waals surface area contributed by atoms with Gasteiger partial charge in [0.2, 0.25) is 0 Å². The molecule has 3 nitrogen and oxygen atoms in total. The van der Waals surface area contributed by atoms with E-state index in [1.165, 1.54) is 23.6 Å². The quantitative estimate of drug-likeness (QED) is 0.761. The van der Waals surface area contributed by atoms with Gasteiger partial charge < -0.3 is 9.30 Å². The average Bonchev–Trinajstić information content (AvgIpc) is 2.67. The number of nitrogens with zero attached hydrogens (tertiary/aromatic N) is 1. The van der Waals surface area contributed by atoms with Crippen molar-refractivity contribution in [3.63, 3.8) is 0 Å². The Kier molecular flexibility index (Phi) is 3.18. The molecule has 1 atom stereocenters. The molecule has 90 valence electrons. The van der Waals surface area contributed by atoms with Crippen molar-refractivity contribution in [2.45, 2.75) is 19.3 Å². The molecule has 0 saturated heterocycles. The zero-order chi connectivity index (χ0) is 12.4. The second-order valence-corrected chi connectivity index (χ2v) is 4.39. The topological polar surface area (TPSA) is 31.2 Å². The van der Waals surface area contributed by atoms with Crippen molar-refractivity contribution >= 4 is 16.9 Å². The van der Waals surface area contributed by atoms with E-state index in [2.05, 4.69) is 29.8 Å². The third kappa shape index (κ3) is 2.18. The fraction of sp³-hybridized carbons (Fsp3) is 0.357. The molecule has 0 N–H and O–H groups in total. The van der Waals surface area contributed by atoms with Crippen molar-refractivity contribution in [1.82, 2.24) is 4.57 Å². The number of hydrogen-bond acceptors (Lipinski definition) is 2. The van der Waals surface area contributed by atoms with E-state index in [1.54, 1.807) is 0 Å². The molecule has 0 aliphatic heterocycles. The molecule has 0 aliphatic carbocycles. The molecular formula is C14H17NO2. The van der Waals surface area contributed by atoms with E-state index in [0.717, 1.165) is 0 Å². The standard InChI is InChI=1S/C14H17NO2/c1-10(8-14(16)17-3)12-9-15(2)13-7-5-4-6-11(12)13/h4-7,9-10H,8H2,1-3H3/t10-/m1/s1. The summed E-state index contributed by atoms with van der Waals surface area (Å²) in [5.41, 5.74) is 2.40. The molecule has 2 aromatic rings. The van der Waals surface area contributed by atoms with Gasteiger partial charge in [-0.3, -0.25) is 4.79 Å². The van der Waals surface area contributed by atoms with E-state index < -0.39 is 0 Å². The molecule has 1 aromatic carbocycles. The molecule has 0 amide bonds. The third-order valence-corrected chi connectivity index (χ3v) is 3.16. The number of rotatable bonds is 3. The minimum absolute atomic E-state index is 0.162. The van der Waals surface area contributed by atoms with Gasteiger partial charge in [0.05, 0.1) is 13.5 Å². The maximum absolute atomic E-state index is 11.3. The lowest BCUT2D eigenvalue weighted by molar-refractivity contribution is -0.140. The molecule has 0 saturated carbocycles. The van der Waals surface area contributed by atoms with Crippen LogP contribution in [0.25, 0.3) is 10.9 Å². The Balaban J connectivity index is 2.38. The zero-order valence-electron chi connectivity index (χ0n) is 10.4. The van der Waals surface area contributed by atoms with Gasteiger partial charge in [-0.1, -0.05) is 25.1 Å². The van der Waals surface area contributed by atoms with Crippen LogP contribution in [0.5, 0.6) is 0 Å². The van der Waals surface area contributed by atoms with E-state index in [9.17, 15) is 4.79 Å². The molecule has 1 aromatic heterocycles. The highest BCUT2D eigenvalue weighted by Crippen LogP contribution is 2.29. The molecule has 0 bridgehead atoms. The van der Waals surface area contributed by atoms with Crippen molar-refractivity contribution in [3.8, 4) is 0 Å². The number of aryl methyl sites for hydroxylation is 1. The highest BCUT2D eigenvalue weighted by atomic mass is 16.5. The highest BCUT2D eigenvalue weighted by Gasteiger charge is 2.16. The maximum atomic E-state index is 11.3. The van der Waals surface area contributed by atoms with Gasteiger partial charge in [-0.25, -0.2) is 0 Å². The lowest BCUT2D eigenvalue weighted by Crippen LogP contribution is -2.05. The Labute approximate surface area is 101 Å². The Bertz CT molecular complexity index is 542. The van der Waals surface area contributed by atoms with Crippen LogP contribution in [0.4, 0.5) is 0 Å².